The third kappa shape index (κ3) is 9.55. The highest BCUT2D eigenvalue weighted by molar-refractivity contribution is 7.89. The third-order valence-corrected chi connectivity index (χ3v) is 13.1. The lowest BCUT2D eigenvalue weighted by molar-refractivity contribution is 0.0523. The molecule has 0 aromatic heterocycles. The first kappa shape index (κ1) is 38.9. The molecule has 1 amide bonds. The number of sulfonamides is 2. The summed E-state index contributed by atoms with van der Waals surface area (Å²) in [5, 5.41) is 7.52. The monoisotopic (exact) mass is 745 g/mol. The van der Waals surface area contributed by atoms with Gasteiger partial charge in [-0.25, -0.2) is 21.6 Å². The number of hydrogen-bond donors (Lipinski definition) is 2. The maximum atomic E-state index is 13.9. The van der Waals surface area contributed by atoms with E-state index in [0.717, 1.165) is 64.2 Å². The van der Waals surface area contributed by atoms with Crippen LogP contribution in [-0.4, -0.2) is 76.5 Å². The van der Waals surface area contributed by atoms with Gasteiger partial charge in [-0.2, -0.15) is 8.61 Å². The number of fused-ring (bicyclic) bond motifs is 2. The molecule has 2 N–H and O–H groups in total. The minimum atomic E-state index is -3.89. The fourth-order valence-electron chi connectivity index (χ4n) is 6.68. The fraction of sp³-hybridized carbons (Fsp3) is 0.583. The number of anilines is 1. The lowest BCUT2D eigenvalue weighted by Crippen LogP contribution is -2.33. The van der Waals surface area contributed by atoms with Crippen molar-refractivity contribution in [3.8, 4) is 0 Å². The summed E-state index contributed by atoms with van der Waals surface area (Å²) in [4.78, 5) is 30.5. The number of carbonyl (C=O) groups excluding carboxylic acids is 1. The number of nitrogens with zero attached hydrogens (tertiary/aromatic N) is 3. The van der Waals surface area contributed by atoms with Gasteiger partial charge in [0, 0.05) is 54.3 Å². The van der Waals surface area contributed by atoms with Crippen molar-refractivity contribution in [2.75, 3.05) is 44.8 Å². The highest BCUT2D eigenvalue weighted by Crippen LogP contribution is 2.43. The molecule has 3 aromatic carbocycles. The number of rotatable bonds is 11. The molecule has 51 heavy (non-hydrogen) atoms. The summed E-state index contributed by atoms with van der Waals surface area (Å²) < 4.78 is 63.9. The van der Waals surface area contributed by atoms with Crippen molar-refractivity contribution in [3.63, 3.8) is 0 Å². The van der Waals surface area contributed by atoms with Crippen LogP contribution in [0.3, 0.4) is 0 Å². The molecule has 280 valence electrons. The van der Waals surface area contributed by atoms with E-state index in [1.807, 2.05) is 0 Å². The Bertz CT molecular complexity index is 1800. The third-order valence-electron chi connectivity index (χ3n) is 9.29. The highest BCUT2D eigenvalue weighted by Gasteiger charge is 2.29. The molecule has 13 nitrogen and oxygen atoms in total. The first-order valence-electron chi connectivity index (χ1n) is 18.0. The van der Waals surface area contributed by atoms with Gasteiger partial charge in [-0.1, -0.05) is 50.7 Å². The smallest absolute Gasteiger partial charge is 0.407 e. The van der Waals surface area contributed by atoms with E-state index in [2.05, 4.69) is 16.0 Å². The van der Waals surface area contributed by atoms with Crippen molar-refractivity contribution in [3.05, 3.63) is 41.3 Å². The van der Waals surface area contributed by atoms with Crippen molar-refractivity contribution in [1.29, 1.82) is 0 Å². The van der Waals surface area contributed by atoms with E-state index in [1.165, 1.54) is 32.9 Å². The molecule has 0 aliphatic carbocycles. The molecule has 15 heteroatoms. The quantitative estimate of drug-likeness (QED) is 0.0873. The number of hydrogen-bond acceptors (Lipinski definition) is 10. The van der Waals surface area contributed by atoms with Crippen LogP contribution in [-0.2, 0) is 29.6 Å². The zero-order valence-corrected chi connectivity index (χ0v) is 31.5. The van der Waals surface area contributed by atoms with Gasteiger partial charge in [0.15, 0.2) is 0 Å². The first-order valence-corrected chi connectivity index (χ1v) is 20.9. The Morgan fingerprint density at radius 1 is 0.725 bits per heavy atom. The number of benzene rings is 3. The largest absolute Gasteiger partial charge is 0.444 e. The van der Waals surface area contributed by atoms with Gasteiger partial charge in [-0.15, -0.1) is 4.91 Å². The average molecular weight is 746 g/mol. The van der Waals surface area contributed by atoms with Gasteiger partial charge in [0.1, 0.15) is 11.3 Å². The molecule has 0 unspecified atom stereocenters. The lowest BCUT2D eigenvalue weighted by atomic mass is 9.99. The van der Waals surface area contributed by atoms with E-state index >= 15 is 0 Å². The minimum Gasteiger partial charge on any atom is -0.444 e. The van der Waals surface area contributed by atoms with Gasteiger partial charge in [-0.05, 0) is 82.3 Å². The van der Waals surface area contributed by atoms with Gasteiger partial charge in [0.05, 0.1) is 22.1 Å². The predicted octanol–water partition coefficient (Wildman–Crippen LogP) is 7.56. The molecular weight excluding hydrogens is 695 g/mol. The van der Waals surface area contributed by atoms with Crippen LogP contribution >= 0.6 is 0 Å². The van der Waals surface area contributed by atoms with Crippen LogP contribution in [0.2, 0.25) is 0 Å². The topological polar surface area (TPSA) is 164 Å². The Morgan fingerprint density at radius 2 is 1.18 bits per heavy atom. The second-order valence-corrected chi connectivity index (χ2v) is 18.2. The van der Waals surface area contributed by atoms with Crippen molar-refractivity contribution in [2.45, 2.75) is 107 Å². The molecule has 2 aliphatic heterocycles. The SMILES string of the molecule is CC(C)(C)OC(=O)NCCCONc1c2ccc(S(=O)(=O)N3CCCCCCC3)cc2c(N=O)c2cc(S(=O)(=O)N3CCCCCCC3)ccc12. The Morgan fingerprint density at radius 3 is 1.61 bits per heavy atom. The summed E-state index contributed by atoms with van der Waals surface area (Å²) in [5.74, 6) is 0. The lowest BCUT2D eigenvalue weighted by Gasteiger charge is -2.25. The van der Waals surface area contributed by atoms with Gasteiger partial charge in [0.2, 0.25) is 20.0 Å². The first-order chi connectivity index (χ1) is 24.3. The van der Waals surface area contributed by atoms with Gasteiger partial charge < -0.3 is 10.1 Å². The van der Waals surface area contributed by atoms with Gasteiger partial charge in [0.25, 0.3) is 0 Å². The Balaban J connectivity index is 1.53. The van der Waals surface area contributed by atoms with Crippen molar-refractivity contribution in [1.82, 2.24) is 13.9 Å². The summed E-state index contributed by atoms with van der Waals surface area (Å²) in [7, 11) is -7.78. The van der Waals surface area contributed by atoms with Crippen LogP contribution in [0.25, 0.3) is 21.5 Å². The van der Waals surface area contributed by atoms with Crippen LogP contribution in [0, 0.1) is 4.91 Å². The number of carbonyl (C=O) groups is 1. The number of alkyl carbamates (subject to hydrolysis) is 1. The predicted molar refractivity (Wildman–Crippen MR) is 199 cm³/mol. The second-order valence-electron chi connectivity index (χ2n) is 14.3. The molecular formula is C36H51N5O8S2. The van der Waals surface area contributed by atoms with Crippen molar-refractivity contribution >= 4 is 59.1 Å². The summed E-state index contributed by atoms with van der Waals surface area (Å²) in [6.45, 7) is 7.47. The van der Waals surface area contributed by atoms with E-state index in [-0.39, 0.29) is 32.9 Å². The molecule has 0 atom stereocenters. The molecule has 5 rings (SSSR count). The van der Waals surface area contributed by atoms with Gasteiger partial charge in [-0.3, -0.25) is 10.3 Å². The van der Waals surface area contributed by atoms with Gasteiger partial charge >= 0.3 is 6.09 Å². The molecule has 2 fully saturated rings. The summed E-state index contributed by atoms with van der Waals surface area (Å²) in [5.41, 5.74) is 2.73. The molecule has 2 heterocycles. The van der Waals surface area contributed by atoms with Crippen LogP contribution in [0.15, 0.2) is 51.4 Å². The molecule has 2 saturated heterocycles. The highest BCUT2D eigenvalue weighted by atomic mass is 32.2. The number of amides is 1. The Kier molecular flexibility index (Phi) is 12.9. The number of nitroso groups, excluding NO2 is 1. The maximum Gasteiger partial charge on any atom is 0.407 e. The molecule has 0 radical (unpaired) electrons. The van der Waals surface area contributed by atoms with E-state index in [0.29, 0.717) is 55.6 Å². The zero-order chi connectivity index (χ0) is 36.6. The summed E-state index contributed by atoms with van der Waals surface area (Å²) in [6, 6.07) is 9.20. The Labute approximate surface area is 301 Å². The Hall–Kier alpha value is -3.37. The normalized spacial score (nSPS) is 17.6. The standard InChI is InChI=1S/C36H51N5O8S2/c1-36(2,3)49-35(42)37-19-14-24-48-39-34-29-17-15-27(50(44,45)40-20-10-6-4-7-11-21-40)25-31(29)33(38-43)32-26-28(16-18-30(32)34)51(46,47)41-22-12-8-5-9-13-23-41/h15-18,25-26,39H,4-14,19-24H2,1-3H3,(H,37,42). The maximum absolute atomic E-state index is 13.9. The van der Waals surface area contributed by atoms with Crippen molar-refractivity contribution in [2.24, 2.45) is 5.18 Å². The van der Waals surface area contributed by atoms with E-state index in [9.17, 15) is 26.5 Å². The number of nitrogens with one attached hydrogen (secondary N) is 2. The van der Waals surface area contributed by atoms with Crippen LogP contribution in [0.5, 0.6) is 0 Å². The molecule has 2 aliphatic rings. The molecule has 0 saturated carbocycles. The second kappa shape index (κ2) is 17.0. The molecule has 0 spiro atoms. The summed E-state index contributed by atoms with van der Waals surface area (Å²) >= 11 is 0. The van der Waals surface area contributed by atoms with E-state index < -0.39 is 31.7 Å². The van der Waals surface area contributed by atoms with Crippen LogP contribution < -0.4 is 10.8 Å². The van der Waals surface area contributed by atoms with Crippen LogP contribution in [0.1, 0.15) is 91.4 Å². The van der Waals surface area contributed by atoms with E-state index in [4.69, 9.17) is 9.57 Å². The zero-order valence-electron chi connectivity index (χ0n) is 29.9. The van der Waals surface area contributed by atoms with Crippen molar-refractivity contribution < 1.29 is 31.2 Å². The van der Waals surface area contributed by atoms with Crippen LogP contribution in [0.4, 0.5) is 16.2 Å². The molecule has 3 aromatic rings. The molecule has 0 bridgehead atoms. The minimum absolute atomic E-state index is 0.0318. The fourth-order valence-corrected chi connectivity index (χ4v) is 9.77. The average Bonchev–Trinajstić information content (AvgIpc) is 3.04. The number of ether oxygens (including phenoxy) is 1. The summed E-state index contributed by atoms with van der Waals surface area (Å²) in [6.07, 6.45) is 8.99. The van der Waals surface area contributed by atoms with E-state index in [1.54, 1.807) is 32.9 Å².